The van der Waals surface area contributed by atoms with Crippen molar-refractivity contribution in [2.24, 2.45) is 0 Å². The minimum absolute atomic E-state index is 9.88. The number of hydrogen-bond donors (Lipinski definition) is 0. The van der Waals surface area contributed by atoms with Crippen molar-refractivity contribution in [2.75, 3.05) is 0 Å². The van der Waals surface area contributed by atoms with Gasteiger partial charge in [0.15, 0.2) is 0 Å². The molecule has 0 aromatic rings. The molecule has 0 saturated carbocycles. The average Bonchev–Trinajstić information content (AvgIpc) is 0.592. The fourth-order valence-corrected chi connectivity index (χ4v) is 0. The van der Waals surface area contributed by atoms with Crippen molar-refractivity contribution in [1.29, 1.82) is 0 Å². The second-order valence-corrected chi connectivity index (χ2v) is 3.12. The van der Waals surface area contributed by atoms with Crippen LogP contribution in [-0.4, -0.2) is 0 Å². The van der Waals surface area contributed by atoms with Crippen LogP contribution in [0.15, 0.2) is 0 Å². The Balaban J connectivity index is 4.43. The van der Waals surface area contributed by atoms with E-state index in [1.54, 1.807) is 0 Å². The van der Waals surface area contributed by atoms with Gasteiger partial charge in [0, 0.05) is 0 Å². The van der Waals surface area contributed by atoms with Gasteiger partial charge >= 0.3 is 34.8 Å². The third-order valence-corrected chi connectivity index (χ3v) is 0. The van der Waals surface area contributed by atoms with Gasteiger partial charge in [0.2, 0.25) is 0 Å². The van der Waals surface area contributed by atoms with Crippen LogP contribution in [0.3, 0.4) is 0 Å². The predicted molar refractivity (Wildman–Crippen MR) is 6.65 cm³/mol. The third kappa shape index (κ3) is 10400. The zero-order valence-electron chi connectivity index (χ0n) is 2.62. The quantitative estimate of drug-likeness (QED) is 0.386. The van der Waals surface area contributed by atoms with Crippen LogP contribution < -0.4 is 0 Å². The molecule has 7 heteroatoms. The monoisotopic (exact) mass is 170 g/mol. The Kier molecular flexibility index (Phi) is 0.706. The van der Waals surface area contributed by atoms with Crippen LogP contribution in [0.4, 0.5) is 21.3 Å². The molecule has 0 atom stereocenters. The Labute approximate surface area is 35.8 Å². The van der Waals surface area contributed by atoms with Crippen molar-refractivity contribution >= 4 is 0 Å². The number of halogens is 6. The summed E-state index contributed by atoms with van der Waals surface area (Å²) < 4.78 is 59.2. The van der Waals surface area contributed by atoms with E-state index in [-0.39, 0.29) is 0 Å². The Morgan fingerprint density at radius 3 is 0.571 bits per heavy atom. The fraction of sp³-hybridized carbons (Fsp3) is 0. The van der Waals surface area contributed by atoms with Crippen molar-refractivity contribution in [3.8, 4) is 0 Å². The van der Waals surface area contributed by atoms with Crippen LogP contribution in [0.1, 0.15) is 0 Å². The van der Waals surface area contributed by atoms with Gasteiger partial charge in [0.25, 0.3) is 0 Å². The molecule has 0 amide bonds. The van der Waals surface area contributed by atoms with E-state index in [1.165, 1.54) is 0 Å². The molecule has 0 rings (SSSR count). The average molecular weight is 170 g/mol. The van der Waals surface area contributed by atoms with E-state index in [4.69, 9.17) is 0 Å². The minimum atomic E-state index is -10.8. The van der Waals surface area contributed by atoms with Gasteiger partial charge in [-0.3, -0.25) is 0 Å². The maximum atomic E-state index is 9.88. The van der Waals surface area contributed by atoms with E-state index < -0.39 is 13.5 Å². The van der Waals surface area contributed by atoms with Gasteiger partial charge in [0.05, 0.1) is 0 Å². The zero-order valence-corrected chi connectivity index (χ0v) is 3.73. The van der Waals surface area contributed by atoms with Crippen LogP contribution in [0.5, 0.6) is 0 Å². The van der Waals surface area contributed by atoms with Gasteiger partial charge < -0.3 is 0 Å². The van der Waals surface area contributed by atoms with Gasteiger partial charge in [-0.05, 0) is 0 Å². The summed E-state index contributed by atoms with van der Waals surface area (Å²) in [5, 5.41) is 0. The van der Waals surface area contributed by atoms with E-state index in [9.17, 15) is 21.3 Å². The van der Waals surface area contributed by atoms with Gasteiger partial charge in [-0.15, -0.1) is 0 Å². The first-order chi connectivity index (χ1) is 2.45. The molecule has 7 heavy (non-hydrogen) atoms. The topological polar surface area (TPSA) is 0 Å². The molecule has 0 aromatic carbocycles. The van der Waals surface area contributed by atoms with Crippen LogP contribution in [0, 0.1) is 0 Å². The third-order valence-electron chi connectivity index (χ3n) is 0. The molecule has 0 N–H and O–H groups in total. The van der Waals surface area contributed by atoms with Crippen LogP contribution >= 0.6 is 0 Å². The summed E-state index contributed by atoms with van der Waals surface area (Å²) in [6.45, 7) is 0. The normalized spacial score (nSPS) is 23.1. The Bertz CT molecular complexity index is 62.7. The Hall–Kier alpha value is 0.0995. The zero-order chi connectivity index (χ0) is 6.41. The first-order valence-corrected chi connectivity index (χ1v) is 3.31. The Morgan fingerprint density at radius 1 is 0.571 bits per heavy atom. The standard InChI is InChI=1S/6FH.Fe/h6*1H;/q;;;;;;+4/p-6. The van der Waals surface area contributed by atoms with Crippen LogP contribution in [0.25, 0.3) is 0 Å². The van der Waals surface area contributed by atoms with E-state index in [0.29, 0.717) is 0 Å². The summed E-state index contributed by atoms with van der Waals surface area (Å²) in [6, 6.07) is 0. The van der Waals surface area contributed by atoms with Crippen LogP contribution in [0.2, 0.25) is 0 Å². The molecule has 0 aliphatic carbocycles. The molecule has 0 saturated heterocycles. The molecule has 0 nitrogen and oxygen atoms in total. The molecule has 0 heterocycles. The van der Waals surface area contributed by atoms with Crippen LogP contribution in [-0.2, 0) is 13.5 Å². The Morgan fingerprint density at radius 2 is 0.571 bits per heavy atom. The van der Waals surface area contributed by atoms with Gasteiger partial charge in [-0.2, -0.15) is 0 Å². The number of hydrogen-bond acceptors (Lipinski definition) is 0. The van der Waals surface area contributed by atoms with Crippen molar-refractivity contribution in [3.63, 3.8) is 0 Å². The molecule has 0 unspecified atom stereocenters. The summed E-state index contributed by atoms with van der Waals surface area (Å²) in [5.74, 6) is 0. The van der Waals surface area contributed by atoms with Gasteiger partial charge in [-0.25, -0.2) is 0 Å². The van der Waals surface area contributed by atoms with Crippen molar-refractivity contribution in [1.82, 2.24) is 0 Å². The molecule has 52 valence electrons. The summed E-state index contributed by atoms with van der Waals surface area (Å²) in [7, 11) is 0. The first kappa shape index (κ1) is 7.10. The van der Waals surface area contributed by atoms with Crippen molar-refractivity contribution < 1.29 is 34.8 Å². The molecule has 0 aromatic heterocycles. The first-order valence-electron chi connectivity index (χ1n) is 0.802. The second kappa shape index (κ2) is 0.696. The molecule has 0 spiro atoms. The van der Waals surface area contributed by atoms with Gasteiger partial charge in [0.1, 0.15) is 0 Å². The summed E-state index contributed by atoms with van der Waals surface area (Å²) >= 11 is -10.8. The van der Waals surface area contributed by atoms with Crippen molar-refractivity contribution in [3.05, 3.63) is 0 Å². The van der Waals surface area contributed by atoms with E-state index in [0.717, 1.165) is 0 Å². The molecule has 0 aliphatic rings. The molecular weight excluding hydrogens is 170 g/mol. The van der Waals surface area contributed by atoms with Gasteiger partial charge in [-0.1, -0.05) is 0 Å². The molecule has 0 fully saturated rings. The SMILES string of the molecule is [F][Fe-2]([F])([F])([F])([F])[F]. The van der Waals surface area contributed by atoms with E-state index in [1.807, 2.05) is 0 Å². The molecule has 0 bridgehead atoms. The second-order valence-electron chi connectivity index (χ2n) is 0.758. The summed E-state index contributed by atoms with van der Waals surface area (Å²) in [4.78, 5) is 0. The molecular formula is F6Fe-2. The van der Waals surface area contributed by atoms with E-state index >= 15 is 0 Å². The number of rotatable bonds is 0. The fourth-order valence-electron chi connectivity index (χ4n) is 0. The molecule has 0 aliphatic heterocycles. The maximum absolute atomic E-state index is 10.8. The van der Waals surface area contributed by atoms with Crippen molar-refractivity contribution in [2.45, 2.75) is 0 Å². The summed E-state index contributed by atoms with van der Waals surface area (Å²) in [6.07, 6.45) is 0. The van der Waals surface area contributed by atoms with E-state index in [2.05, 4.69) is 0 Å². The summed E-state index contributed by atoms with van der Waals surface area (Å²) in [5.41, 5.74) is 0. The predicted octanol–water partition coefficient (Wildman–Crippen LogP) is 2.52. The molecule has 0 radical (unpaired) electrons.